The molecule has 2 heterocycles. The standard InChI is InChI=1S/C35H45ClN8O9S2/c1-17(2)25-12-22(36)13-26(30(25)40-33(47)42-54(50,51)23-14-38-35(49)44(4)16-23)18(3)8-19-9-21-11-20-6-5-7-24(20)29(27(21)10-19)39-34(48)43-55(52,53)28-15-37-32(46)41-31(28)45/h11-13,17-19,23,28H,5-10,14-16H2,1-4H3,(H,38,49)(H2,39,43,48)(H2,40,42,47)(H2,37,41,45,46). The fraction of sp³-hybridized carbons (Fsp3) is 0.514. The van der Waals surface area contributed by atoms with Crippen LogP contribution in [0.5, 0.6) is 0 Å². The number of imide groups is 1. The number of sulfonamides is 2. The Labute approximate surface area is 324 Å². The van der Waals surface area contributed by atoms with Gasteiger partial charge in [0.1, 0.15) is 5.25 Å². The summed E-state index contributed by atoms with van der Waals surface area (Å²) in [4.78, 5) is 63.2. The highest BCUT2D eigenvalue weighted by Gasteiger charge is 2.39. The zero-order chi connectivity index (χ0) is 40.0. The Hall–Kier alpha value is -4.62. The number of rotatable bonds is 10. The van der Waals surface area contributed by atoms with Gasteiger partial charge in [0, 0.05) is 43.1 Å². The van der Waals surface area contributed by atoms with Crippen molar-refractivity contribution in [3.05, 3.63) is 56.6 Å². The van der Waals surface area contributed by atoms with E-state index in [-0.39, 0.29) is 30.8 Å². The van der Waals surface area contributed by atoms with Crippen LogP contribution in [0.3, 0.4) is 0 Å². The zero-order valence-corrected chi connectivity index (χ0v) is 33.2. The van der Waals surface area contributed by atoms with Crippen molar-refractivity contribution in [2.75, 3.05) is 37.3 Å². The SMILES string of the molecule is CC(C)c1cc(Cl)cc(C(C)CC2Cc3cc4c(c(NC(=O)NS(=O)(=O)C5CNC(=O)NC5=O)c3C2)CCC4)c1NC(=O)NS(=O)(=O)C1CNC(=O)N(C)C1. The van der Waals surface area contributed by atoms with E-state index in [1.807, 2.05) is 30.8 Å². The monoisotopic (exact) mass is 820 g/mol. The molecule has 2 aromatic rings. The lowest BCUT2D eigenvalue weighted by molar-refractivity contribution is -0.120. The summed E-state index contributed by atoms with van der Waals surface area (Å²) in [7, 11) is -7.19. The summed E-state index contributed by atoms with van der Waals surface area (Å²) in [5.41, 5.74) is 6.40. The summed E-state index contributed by atoms with van der Waals surface area (Å²) in [6.45, 7) is 5.17. The minimum Gasteiger partial charge on any atom is -0.337 e. The number of carbonyl (C=O) groups is 5. The molecule has 2 saturated heterocycles. The predicted octanol–water partition coefficient (Wildman–Crippen LogP) is 2.99. The van der Waals surface area contributed by atoms with Gasteiger partial charge in [-0.05, 0) is 102 Å². The molecular formula is C35H45ClN8O9S2. The first-order chi connectivity index (χ1) is 25.8. The quantitative estimate of drug-likeness (QED) is 0.186. The summed E-state index contributed by atoms with van der Waals surface area (Å²) >= 11 is 6.61. The number of hydrogen-bond acceptors (Lipinski definition) is 9. The van der Waals surface area contributed by atoms with Gasteiger partial charge in [0.05, 0.1) is 0 Å². The van der Waals surface area contributed by atoms with Crippen LogP contribution in [-0.4, -0.2) is 88.9 Å². The minimum atomic E-state index is -4.49. The predicted molar refractivity (Wildman–Crippen MR) is 205 cm³/mol. The first-order valence-electron chi connectivity index (χ1n) is 18.1. The molecule has 2 aliphatic carbocycles. The van der Waals surface area contributed by atoms with Gasteiger partial charge in [-0.1, -0.05) is 38.4 Å². The van der Waals surface area contributed by atoms with Crippen molar-refractivity contribution in [3.8, 4) is 0 Å². The lowest BCUT2D eigenvalue weighted by Gasteiger charge is -2.30. The van der Waals surface area contributed by atoms with Gasteiger partial charge >= 0.3 is 24.1 Å². The molecule has 0 bridgehead atoms. The van der Waals surface area contributed by atoms with E-state index < -0.39 is 67.1 Å². The van der Waals surface area contributed by atoms with Gasteiger partial charge in [-0.2, -0.15) is 0 Å². The molecule has 0 radical (unpaired) electrons. The molecule has 4 aliphatic rings. The van der Waals surface area contributed by atoms with Gasteiger partial charge in [0.2, 0.25) is 26.0 Å². The number of benzene rings is 2. The molecule has 55 heavy (non-hydrogen) atoms. The van der Waals surface area contributed by atoms with Crippen LogP contribution in [0.25, 0.3) is 0 Å². The lowest BCUT2D eigenvalue weighted by atomic mass is 9.85. The number of carbonyl (C=O) groups excluding carboxylic acids is 5. The molecule has 0 aromatic heterocycles. The van der Waals surface area contributed by atoms with Crippen molar-refractivity contribution >= 4 is 73.1 Å². The number of hydrogen-bond donors (Lipinski definition) is 7. The number of fused-ring (bicyclic) bond motifs is 2. The van der Waals surface area contributed by atoms with Crippen LogP contribution in [0.15, 0.2) is 18.2 Å². The van der Waals surface area contributed by atoms with E-state index in [9.17, 15) is 40.8 Å². The smallest absolute Gasteiger partial charge is 0.332 e. The number of amides is 9. The fourth-order valence-corrected chi connectivity index (χ4v) is 10.5. The highest BCUT2D eigenvalue weighted by atomic mass is 35.5. The first-order valence-corrected chi connectivity index (χ1v) is 21.5. The molecule has 0 spiro atoms. The average Bonchev–Trinajstić information content (AvgIpc) is 3.72. The number of nitrogens with one attached hydrogen (secondary N) is 7. The third-order valence-electron chi connectivity index (χ3n) is 10.6. The Morgan fingerprint density at radius 2 is 1.53 bits per heavy atom. The molecule has 4 unspecified atom stereocenters. The Balaban J connectivity index is 1.19. The van der Waals surface area contributed by atoms with Crippen molar-refractivity contribution in [2.45, 2.75) is 81.6 Å². The second-order valence-corrected chi connectivity index (χ2v) is 19.2. The summed E-state index contributed by atoms with van der Waals surface area (Å²) < 4.78 is 56.3. The Morgan fingerprint density at radius 3 is 2.20 bits per heavy atom. The largest absolute Gasteiger partial charge is 0.337 e. The van der Waals surface area contributed by atoms with Crippen LogP contribution in [0.2, 0.25) is 5.02 Å². The Kier molecular flexibility index (Phi) is 11.3. The van der Waals surface area contributed by atoms with Crippen LogP contribution in [0.4, 0.5) is 30.6 Å². The van der Waals surface area contributed by atoms with Gasteiger partial charge in [-0.15, -0.1) is 0 Å². The number of nitrogens with zero attached hydrogens (tertiary/aromatic N) is 1. The van der Waals surface area contributed by atoms with Crippen LogP contribution in [0.1, 0.15) is 78.8 Å². The molecular weight excluding hydrogens is 776 g/mol. The van der Waals surface area contributed by atoms with Crippen molar-refractivity contribution in [1.29, 1.82) is 0 Å². The van der Waals surface area contributed by atoms with Gasteiger partial charge in [0.25, 0.3) is 0 Å². The third-order valence-corrected chi connectivity index (χ3v) is 14.1. The third kappa shape index (κ3) is 8.62. The Morgan fingerprint density at radius 1 is 0.855 bits per heavy atom. The first kappa shape index (κ1) is 40.1. The van der Waals surface area contributed by atoms with Crippen molar-refractivity contribution in [1.82, 2.24) is 30.3 Å². The van der Waals surface area contributed by atoms with Crippen molar-refractivity contribution in [3.63, 3.8) is 0 Å². The van der Waals surface area contributed by atoms with Gasteiger partial charge < -0.3 is 26.2 Å². The average molecular weight is 821 g/mol. The van der Waals surface area contributed by atoms with E-state index in [2.05, 4.69) is 32.1 Å². The molecule has 4 atom stereocenters. The number of aryl methyl sites for hydroxylation is 1. The van der Waals surface area contributed by atoms with Gasteiger partial charge in [0.15, 0.2) is 5.25 Å². The van der Waals surface area contributed by atoms with E-state index in [1.54, 1.807) is 12.1 Å². The van der Waals surface area contributed by atoms with E-state index in [4.69, 9.17) is 11.6 Å². The molecule has 2 fully saturated rings. The van der Waals surface area contributed by atoms with E-state index >= 15 is 0 Å². The van der Waals surface area contributed by atoms with Crippen LogP contribution in [-0.2, 0) is 50.5 Å². The number of urea groups is 4. The van der Waals surface area contributed by atoms with Gasteiger partial charge in [-0.3, -0.25) is 10.1 Å². The summed E-state index contributed by atoms with van der Waals surface area (Å²) in [5.74, 6) is -1.22. The number of anilines is 2. The normalized spacial score (nSPS) is 21.5. The molecule has 2 aliphatic heterocycles. The van der Waals surface area contributed by atoms with E-state index in [0.717, 1.165) is 46.2 Å². The zero-order valence-electron chi connectivity index (χ0n) is 30.8. The van der Waals surface area contributed by atoms with Crippen LogP contribution < -0.4 is 36.0 Å². The van der Waals surface area contributed by atoms with Gasteiger partial charge in [-0.25, -0.2) is 45.5 Å². The summed E-state index contributed by atoms with van der Waals surface area (Å²) in [5, 5.41) is 9.95. The molecule has 20 heteroatoms. The maximum Gasteiger partial charge on any atom is 0.332 e. The highest BCUT2D eigenvalue weighted by Crippen LogP contribution is 2.44. The minimum absolute atomic E-state index is 0.0800. The van der Waals surface area contributed by atoms with E-state index in [0.29, 0.717) is 42.1 Å². The molecule has 6 rings (SSSR count). The molecule has 7 N–H and O–H groups in total. The van der Waals surface area contributed by atoms with Crippen molar-refractivity contribution in [2.24, 2.45) is 5.92 Å². The van der Waals surface area contributed by atoms with E-state index in [1.165, 1.54) is 11.9 Å². The fourth-order valence-electron chi connectivity index (χ4n) is 7.97. The second-order valence-electron chi connectivity index (χ2n) is 15.0. The molecule has 9 amide bonds. The summed E-state index contributed by atoms with van der Waals surface area (Å²) in [6.07, 6.45) is 4.25. The molecule has 17 nitrogen and oxygen atoms in total. The second kappa shape index (κ2) is 15.5. The topological polar surface area (TPSA) is 241 Å². The number of halogens is 1. The highest BCUT2D eigenvalue weighted by molar-refractivity contribution is 7.91. The van der Waals surface area contributed by atoms with Crippen LogP contribution in [0, 0.1) is 5.92 Å². The maximum absolute atomic E-state index is 13.3. The molecule has 0 saturated carbocycles. The lowest BCUT2D eigenvalue weighted by Crippen LogP contribution is -2.60. The van der Waals surface area contributed by atoms with Crippen molar-refractivity contribution < 1.29 is 40.8 Å². The van der Waals surface area contributed by atoms with Crippen LogP contribution >= 0.6 is 11.6 Å². The molecule has 2 aromatic carbocycles. The summed E-state index contributed by atoms with van der Waals surface area (Å²) in [6, 6.07) is 2.48. The Bertz CT molecular complexity index is 2180. The maximum atomic E-state index is 13.3. The molecule has 298 valence electrons.